The number of carbonyl (C=O) groups excluding carboxylic acids is 1. The van der Waals surface area contributed by atoms with Crippen LogP contribution in [-0.4, -0.2) is 32.8 Å². The minimum Gasteiger partial charge on any atom is -0.491 e. The van der Waals surface area contributed by atoms with Crippen LogP contribution in [0.15, 0.2) is 42.5 Å². The van der Waals surface area contributed by atoms with E-state index in [1.807, 2.05) is 50.2 Å². The highest BCUT2D eigenvalue weighted by molar-refractivity contribution is 5.93. The maximum Gasteiger partial charge on any atom is 0.243 e. The highest BCUT2D eigenvalue weighted by Gasteiger charge is 2.04. The van der Waals surface area contributed by atoms with Gasteiger partial charge in [-0.2, -0.15) is 0 Å². The number of ether oxygens (including phenoxy) is 2. The Morgan fingerprint density at radius 3 is 2.46 bits per heavy atom. The van der Waals surface area contributed by atoms with E-state index in [0.717, 1.165) is 22.7 Å². The standard InChI is InChI=1S/C19H24N2O3/c1-14-4-9-18(15(2)12-14)20-13-19(22)21-16-5-7-17(8-6-16)24-11-10-23-3/h4-9,12,20H,10-11,13H2,1-3H3,(H,21,22). The van der Waals surface area contributed by atoms with Gasteiger partial charge in [0.05, 0.1) is 13.2 Å². The van der Waals surface area contributed by atoms with Gasteiger partial charge < -0.3 is 20.1 Å². The van der Waals surface area contributed by atoms with Gasteiger partial charge >= 0.3 is 0 Å². The molecule has 0 bridgehead atoms. The molecule has 0 aliphatic rings. The Morgan fingerprint density at radius 2 is 1.79 bits per heavy atom. The van der Waals surface area contributed by atoms with Crippen molar-refractivity contribution in [2.75, 3.05) is 37.5 Å². The minimum atomic E-state index is -0.0944. The monoisotopic (exact) mass is 328 g/mol. The number of nitrogens with one attached hydrogen (secondary N) is 2. The number of rotatable bonds is 8. The van der Waals surface area contributed by atoms with Gasteiger partial charge in [-0.1, -0.05) is 17.7 Å². The molecule has 2 N–H and O–H groups in total. The molecule has 0 aromatic heterocycles. The van der Waals surface area contributed by atoms with Gasteiger partial charge in [0, 0.05) is 18.5 Å². The molecule has 5 nitrogen and oxygen atoms in total. The molecule has 0 saturated heterocycles. The van der Waals surface area contributed by atoms with E-state index in [4.69, 9.17) is 9.47 Å². The van der Waals surface area contributed by atoms with Crippen molar-refractivity contribution in [1.82, 2.24) is 0 Å². The van der Waals surface area contributed by atoms with Crippen LogP contribution in [0, 0.1) is 13.8 Å². The van der Waals surface area contributed by atoms with Gasteiger partial charge in [-0.05, 0) is 49.7 Å². The van der Waals surface area contributed by atoms with Gasteiger partial charge in [0.15, 0.2) is 0 Å². The number of amides is 1. The number of methoxy groups -OCH3 is 1. The van der Waals surface area contributed by atoms with Crippen molar-refractivity contribution in [2.45, 2.75) is 13.8 Å². The molecule has 128 valence electrons. The van der Waals surface area contributed by atoms with E-state index in [0.29, 0.717) is 13.2 Å². The molecule has 0 spiro atoms. The van der Waals surface area contributed by atoms with Crippen LogP contribution >= 0.6 is 0 Å². The molecule has 2 aromatic rings. The lowest BCUT2D eigenvalue weighted by atomic mass is 10.1. The fourth-order valence-electron chi connectivity index (χ4n) is 2.27. The smallest absolute Gasteiger partial charge is 0.243 e. The molecule has 0 fully saturated rings. The summed E-state index contributed by atoms with van der Waals surface area (Å²) in [6.45, 7) is 5.34. The summed E-state index contributed by atoms with van der Waals surface area (Å²) in [5.41, 5.74) is 4.04. The van der Waals surface area contributed by atoms with Crippen molar-refractivity contribution in [1.29, 1.82) is 0 Å². The van der Waals surface area contributed by atoms with E-state index < -0.39 is 0 Å². The molecule has 2 aromatic carbocycles. The van der Waals surface area contributed by atoms with Crippen molar-refractivity contribution in [3.05, 3.63) is 53.6 Å². The summed E-state index contributed by atoms with van der Waals surface area (Å²) in [5.74, 6) is 0.654. The second-order valence-corrected chi connectivity index (χ2v) is 5.59. The largest absolute Gasteiger partial charge is 0.491 e. The van der Waals surface area contributed by atoms with Gasteiger partial charge in [-0.25, -0.2) is 0 Å². The van der Waals surface area contributed by atoms with Gasteiger partial charge in [0.1, 0.15) is 12.4 Å². The van der Waals surface area contributed by atoms with E-state index in [2.05, 4.69) is 16.7 Å². The van der Waals surface area contributed by atoms with Crippen LogP contribution in [0.2, 0.25) is 0 Å². The summed E-state index contributed by atoms with van der Waals surface area (Å²) in [4.78, 5) is 12.0. The van der Waals surface area contributed by atoms with Crippen molar-refractivity contribution in [2.24, 2.45) is 0 Å². The molecule has 0 unspecified atom stereocenters. The number of carbonyl (C=O) groups is 1. The quantitative estimate of drug-likeness (QED) is 0.729. The molecule has 1 amide bonds. The van der Waals surface area contributed by atoms with E-state index in [-0.39, 0.29) is 12.5 Å². The Labute approximate surface area is 143 Å². The molecule has 5 heteroatoms. The summed E-state index contributed by atoms with van der Waals surface area (Å²) in [7, 11) is 1.63. The van der Waals surface area contributed by atoms with Crippen LogP contribution in [0.25, 0.3) is 0 Å². The highest BCUT2D eigenvalue weighted by atomic mass is 16.5. The SMILES string of the molecule is COCCOc1ccc(NC(=O)CNc2ccc(C)cc2C)cc1. The maximum absolute atomic E-state index is 12.0. The first-order valence-electron chi connectivity index (χ1n) is 7.91. The van der Waals surface area contributed by atoms with Gasteiger partial charge in [-0.15, -0.1) is 0 Å². The Hall–Kier alpha value is -2.53. The number of hydrogen-bond acceptors (Lipinski definition) is 4. The molecule has 0 heterocycles. The lowest BCUT2D eigenvalue weighted by Crippen LogP contribution is -2.22. The Balaban J connectivity index is 1.81. The molecular formula is C19H24N2O3. The van der Waals surface area contributed by atoms with Crippen LogP contribution in [0.5, 0.6) is 5.75 Å². The van der Waals surface area contributed by atoms with Crippen molar-refractivity contribution >= 4 is 17.3 Å². The third kappa shape index (κ3) is 5.59. The van der Waals surface area contributed by atoms with E-state index in [1.165, 1.54) is 5.56 Å². The molecular weight excluding hydrogens is 304 g/mol. The summed E-state index contributed by atoms with van der Waals surface area (Å²) in [6, 6.07) is 13.4. The Kier molecular flexibility index (Phi) is 6.63. The number of hydrogen-bond donors (Lipinski definition) is 2. The molecule has 0 aliphatic carbocycles. The van der Waals surface area contributed by atoms with E-state index >= 15 is 0 Å². The first kappa shape index (κ1) is 17.8. The van der Waals surface area contributed by atoms with Crippen LogP contribution < -0.4 is 15.4 Å². The summed E-state index contributed by atoms with van der Waals surface area (Å²) in [6.07, 6.45) is 0. The molecule has 24 heavy (non-hydrogen) atoms. The van der Waals surface area contributed by atoms with Crippen molar-refractivity contribution < 1.29 is 14.3 Å². The highest BCUT2D eigenvalue weighted by Crippen LogP contribution is 2.17. The predicted octanol–water partition coefficient (Wildman–Crippen LogP) is 3.38. The van der Waals surface area contributed by atoms with Crippen molar-refractivity contribution in [3.8, 4) is 5.75 Å². The molecule has 0 saturated carbocycles. The van der Waals surface area contributed by atoms with Crippen LogP contribution in [0.4, 0.5) is 11.4 Å². The normalized spacial score (nSPS) is 10.3. The molecule has 0 aliphatic heterocycles. The fourth-order valence-corrected chi connectivity index (χ4v) is 2.27. The number of anilines is 2. The summed E-state index contributed by atoms with van der Waals surface area (Å²) in [5, 5.41) is 6.01. The van der Waals surface area contributed by atoms with Crippen LogP contribution in [0.3, 0.4) is 0 Å². The van der Waals surface area contributed by atoms with Gasteiger partial charge in [-0.3, -0.25) is 4.79 Å². The van der Waals surface area contributed by atoms with Gasteiger partial charge in [0.2, 0.25) is 5.91 Å². The molecule has 2 rings (SSSR count). The lowest BCUT2D eigenvalue weighted by Gasteiger charge is -2.11. The molecule has 0 atom stereocenters. The maximum atomic E-state index is 12.0. The second-order valence-electron chi connectivity index (χ2n) is 5.59. The number of aryl methyl sites for hydroxylation is 2. The fraction of sp³-hybridized carbons (Fsp3) is 0.316. The summed E-state index contributed by atoms with van der Waals surface area (Å²) < 4.78 is 10.4. The number of benzene rings is 2. The second kappa shape index (κ2) is 8.93. The molecule has 0 radical (unpaired) electrons. The first-order chi connectivity index (χ1) is 11.6. The van der Waals surface area contributed by atoms with Crippen molar-refractivity contribution in [3.63, 3.8) is 0 Å². The van der Waals surface area contributed by atoms with E-state index in [9.17, 15) is 4.79 Å². The van der Waals surface area contributed by atoms with Gasteiger partial charge in [0.25, 0.3) is 0 Å². The van der Waals surface area contributed by atoms with Crippen LogP contribution in [-0.2, 0) is 9.53 Å². The topological polar surface area (TPSA) is 59.6 Å². The third-order valence-corrected chi connectivity index (χ3v) is 3.52. The summed E-state index contributed by atoms with van der Waals surface area (Å²) >= 11 is 0. The minimum absolute atomic E-state index is 0.0944. The lowest BCUT2D eigenvalue weighted by molar-refractivity contribution is -0.114. The average molecular weight is 328 g/mol. The zero-order chi connectivity index (χ0) is 17.4. The van der Waals surface area contributed by atoms with E-state index in [1.54, 1.807) is 7.11 Å². The third-order valence-electron chi connectivity index (χ3n) is 3.52. The average Bonchev–Trinajstić information content (AvgIpc) is 2.56. The zero-order valence-corrected chi connectivity index (χ0v) is 14.4. The predicted molar refractivity (Wildman–Crippen MR) is 96.8 cm³/mol. The Bertz CT molecular complexity index is 669. The first-order valence-corrected chi connectivity index (χ1v) is 7.91. The zero-order valence-electron chi connectivity index (χ0n) is 14.4. The van der Waals surface area contributed by atoms with Crippen LogP contribution in [0.1, 0.15) is 11.1 Å². The Morgan fingerprint density at radius 1 is 1.04 bits per heavy atom.